The SMILES string of the molecule is O=[N+]([O-])c1cc(C(F)(F)F)ccc1SC1NC2NC3C(CCCC3NCCN3CCOCC3)CN2N1. The fourth-order valence-corrected chi connectivity index (χ4v) is 6.60. The van der Waals surface area contributed by atoms with Crippen LogP contribution < -0.4 is 21.4 Å². The van der Waals surface area contributed by atoms with Gasteiger partial charge in [-0.05, 0) is 30.9 Å². The molecule has 3 heterocycles. The average Bonchev–Trinajstić information content (AvgIpc) is 3.24. The molecular formula is C22H32F3N7O3S. The van der Waals surface area contributed by atoms with E-state index in [1.807, 2.05) is 0 Å². The molecule has 200 valence electrons. The molecule has 0 bridgehead atoms. The lowest BCUT2D eigenvalue weighted by atomic mass is 9.79. The van der Waals surface area contributed by atoms with Gasteiger partial charge in [0.05, 0.1) is 28.6 Å². The van der Waals surface area contributed by atoms with E-state index in [0.29, 0.717) is 24.1 Å². The summed E-state index contributed by atoms with van der Waals surface area (Å²) < 4.78 is 44.5. The fraction of sp³-hybridized carbons (Fsp3) is 0.727. The predicted octanol–water partition coefficient (Wildman–Crippen LogP) is 1.75. The molecule has 10 nitrogen and oxygen atoms in total. The van der Waals surface area contributed by atoms with Gasteiger partial charge >= 0.3 is 6.18 Å². The number of hydrazine groups is 1. The van der Waals surface area contributed by atoms with Crippen molar-refractivity contribution in [3.05, 3.63) is 33.9 Å². The van der Waals surface area contributed by atoms with Crippen LogP contribution in [-0.2, 0) is 10.9 Å². The normalized spacial score (nSPS) is 31.7. The molecule has 4 N–H and O–H groups in total. The molecule has 4 aliphatic rings. The van der Waals surface area contributed by atoms with E-state index in [2.05, 4.69) is 31.3 Å². The minimum absolute atomic E-state index is 0.168. The highest BCUT2D eigenvalue weighted by Gasteiger charge is 2.45. The maximum Gasteiger partial charge on any atom is 0.416 e. The summed E-state index contributed by atoms with van der Waals surface area (Å²) in [5, 5.41) is 24.4. The van der Waals surface area contributed by atoms with E-state index in [-0.39, 0.29) is 11.2 Å². The number of nitrogens with zero attached hydrogens (tertiary/aromatic N) is 3. The standard InChI is InChI=1S/C22H32F3N7O3S/c23-22(24,25)15-4-5-18(17(12-15)32(33)34)36-21-28-20-27-19-14(13-31(20)29-21)2-1-3-16(19)26-6-7-30-8-10-35-11-9-30/h4-5,12,14,16,19-21,26-29H,1-3,6-11,13H2. The van der Waals surface area contributed by atoms with Gasteiger partial charge < -0.3 is 10.1 Å². The van der Waals surface area contributed by atoms with Crippen LogP contribution in [0.15, 0.2) is 23.1 Å². The Hall–Kier alpha value is -1.52. The number of nitro benzene ring substituents is 1. The van der Waals surface area contributed by atoms with Crippen LogP contribution in [0.2, 0.25) is 0 Å². The molecule has 1 aromatic rings. The molecule has 0 amide bonds. The molecule has 0 radical (unpaired) electrons. The average molecular weight is 532 g/mol. The molecule has 3 aliphatic heterocycles. The van der Waals surface area contributed by atoms with Crippen molar-refractivity contribution in [3.8, 4) is 0 Å². The number of thioether (sulfide) groups is 1. The third kappa shape index (κ3) is 5.96. The van der Waals surface area contributed by atoms with E-state index in [1.165, 1.54) is 6.07 Å². The Morgan fingerprint density at radius 3 is 2.78 bits per heavy atom. The molecule has 14 heteroatoms. The van der Waals surface area contributed by atoms with E-state index < -0.39 is 27.8 Å². The number of alkyl halides is 3. The van der Waals surface area contributed by atoms with Crippen LogP contribution >= 0.6 is 11.8 Å². The van der Waals surface area contributed by atoms with Crippen molar-refractivity contribution in [2.45, 2.75) is 54.2 Å². The van der Waals surface area contributed by atoms with E-state index in [9.17, 15) is 23.3 Å². The molecule has 5 atom stereocenters. The molecule has 0 aromatic heterocycles. The van der Waals surface area contributed by atoms with Gasteiger partial charge in [0.15, 0.2) is 0 Å². The topological polar surface area (TPSA) is 107 Å². The van der Waals surface area contributed by atoms with Crippen molar-refractivity contribution in [2.24, 2.45) is 5.92 Å². The minimum atomic E-state index is -4.63. The zero-order valence-electron chi connectivity index (χ0n) is 19.8. The van der Waals surface area contributed by atoms with Gasteiger partial charge in [0.1, 0.15) is 11.8 Å². The molecule has 5 rings (SSSR count). The van der Waals surface area contributed by atoms with Gasteiger partial charge in [0.2, 0.25) is 0 Å². The largest absolute Gasteiger partial charge is 0.416 e. The van der Waals surface area contributed by atoms with Gasteiger partial charge in [-0.3, -0.25) is 25.6 Å². The van der Waals surface area contributed by atoms with Crippen LogP contribution in [0.5, 0.6) is 0 Å². The lowest BCUT2D eigenvalue weighted by molar-refractivity contribution is -0.388. The smallest absolute Gasteiger partial charge is 0.379 e. The van der Waals surface area contributed by atoms with E-state index in [4.69, 9.17) is 4.74 Å². The van der Waals surface area contributed by atoms with Crippen LogP contribution in [0.1, 0.15) is 24.8 Å². The van der Waals surface area contributed by atoms with Crippen molar-refractivity contribution in [1.82, 2.24) is 31.3 Å². The predicted molar refractivity (Wildman–Crippen MR) is 128 cm³/mol. The number of nitro groups is 1. The van der Waals surface area contributed by atoms with Crippen molar-refractivity contribution in [3.63, 3.8) is 0 Å². The summed E-state index contributed by atoms with van der Waals surface area (Å²) in [5.74, 6) is 0.453. The zero-order chi connectivity index (χ0) is 25.3. The summed E-state index contributed by atoms with van der Waals surface area (Å²) in [5.41, 5.74) is 1.34. The van der Waals surface area contributed by atoms with Crippen LogP contribution in [0.25, 0.3) is 0 Å². The number of rotatable bonds is 7. The second kappa shape index (κ2) is 11.1. The van der Waals surface area contributed by atoms with Gasteiger partial charge in [0.25, 0.3) is 5.69 Å². The number of ether oxygens (including phenoxy) is 1. The highest BCUT2D eigenvalue weighted by Crippen LogP contribution is 2.38. The van der Waals surface area contributed by atoms with Gasteiger partial charge in [-0.15, -0.1) is 0 Å². The Balaban J connectivity index is 1.18. The van der Waals surface area contributed by atoms with E-state index >= 15 is 0 Å². The maximum absolute atomic E-state index is 13.0. The van der Waals surface area contributed by atoms with E-state index in [1.54, 1.807) is 0 Å². The highest BCUT2D eigenvalue weighted by molar-refractivity contribution is 8.00. The van der Waals surface area contributed by atoms with Crippen molar-refractivity contribution < 1.29 is 22.8 Å². The fourth-order valence-electron chi connectivity index (χ4n) is 5.56. The molecule has 0 spiro atoms. The van der Waals surface area contributed by atoms with Gasteiger partial charge in [0, 0.05) is 50.9 Å². The number of fused-ring (bicyclic) bond motifs is 2. The first-order chi connectivity index (χ1) is 17.3. The molecule has 1 saturated carbocycles. The second-order valence-electron chi connectivity index (χ2n) is 9.68. The molecular weight excluding hydrogens is 499 g/mol. The molecule has 4 fully saturated rings. The number of halogens is 3. The third-order valence-corrected chi connectivity index (χ3v) is 8.46. The number of benzene rings is 1. The summed E-state index contributed by atoms with van der Waals surface area (Å²) in [6.45, 7) is 6.27. The first kappa shape index (κ1) is 26.1. The molecule has 36 heavy (non-hydrogen) atoms. The van der Waals surface area contributed by atoms with Crippen LogP contribution in [0.4, 0.5) is 18.9 Å². The van der Waals surface area contributed by atoms with Crippen LogP contribution in [0.3, 0.4) is 0 Å². The highest BCUT2D eigenvalue weighted by atomic mass is 32.2. The van der Waals surface area contributed by atoms with E-state index in [0.717, 1.165) is 83.0 Å². The Bertz CT molecular complexity index is 937. The summed E-state index contributed by atoms with van der Waals surface area (Å²) in [6.07, 6.45) is -1.43. The van der Waals surface area contributed by atoms with Crippen molar-refractivity contribution in [2.75, 3.05) is 45.9 Å². The maximum atomic E-state index is 13.0. The lowest BCUT2D eigenvalue weighted by Crippen LogP contribution is -2.68. The molecule has 3 saturated heterocycles. The van der Waals surface area contributed by atoms with Gasteiger partial charge in [-0.2, -0.15) is 13.2 Å². The molecule has 1 aliphatic carbocycles. The Morgan fingerprint density at radius 1 is 1.22 bits per heavy atom. The first-order valence-corrected chi connectivity index (χ1v) is 13.3. The molecule has 5 unspecified atom stereocenters. The van der Waals surface area contributed by atoms with Crippen LogP contribution in [-0.4, -0.2) is 84.6 Å². The van der Waals surface area contributed by atoms with Gasteiger partial charge in [-0.25, -0.2) is 10.4 Å². The quantitative estimate of drug-likeness (QED) is 0.307. The lowest BCUT2D eigenvalue weighted by Gasteiger charge is -2.47. The summed E-state index contributed by atoms with van der Waals surface area (Å²) in [4.78, 5) is 13.3. The van der Waals surface area contributed by atoms with Crippen molar-refractivity contribution >= 4 is 17.4 Å². The monoisotopic (exact) mass is 531 g/mol. The second-order valence-corrected chi connectivity index (χ2v) is 10.8. The Labute approximate surface area is 211 Å². The number of morpholine rings is 1. The Kier molecular flexibility index (Phi) is 8.03. The summed E-state index contributed by atoms with van der Waals surface area (Å²) in [6, 6.07) is 3.32. The van der Waals surface area contributed by atoms with Crippen molar-refractivity contribution in [1.29, 1.82) is 0 Å². The molecule has 1 aromatic carbocycles. The number of nitrogens with one attached hydrogen (secondary N) is 4. The summed E-state index contributed by atoms with van der Waals surface area (Å²) >= 11 is 1.11. The summed E-state index contributed by atoms with van der Waals surface area (Å²) in [7, 11) is 0. The zero-order valence-corrected chi connectivity index (χ0v) is 20.6. The number of hydrogen-bond donors (Lipinski definition) is 4. The van der Waals surface area contributed by atoms with Crippen LogP contribution in [0, 0.1) is 16.0 Å². The minimum Gasteiger partial charge on any atom is -0.379 e. The first-order valence-electron chi connectivity index (χ1n) is 12.4. The number of hydrogen-bond acceptors (Lipinski definition) is 10. The Morgan fingerprint density at radius 2 is 2.03 bits per heavy atom. The third-order valence-electron chi connectivity index (χ3n) is 7.38. The van der Waals surface area contributed by atoms with Gasteiger partial charge in [-0.1, -0.05) is 18.2 Å².